The molecule has 0 aliphatic rings. The van der Waals surface area contributed by atoms with E-state index >= 15 is 0 Å². The van der Waals surface area contributed by atoms with E-state index in [0.717, 1.165) is 4.88 Å². The molecule has 5 heteroatoms. The number of hydrogen-bond acceptors (Lipinski definition) is 4. The number of benzene rings is 1. The molecule has 4 nitrogen and oxygen atoms in total. The second-order valence-corrected chi connectivity index (χ2v) is 5.30. The van der Waals surface area contributed by atoms with Gasteiger partial charge in [0.15, 0.2) is 16.8 Å². The van der Waals surface area contributed by atoms with E-state index in [1.807, 2.05) is 17.5 Å². The largest absolute Gasteiger partial charge is 0.478 e. The van der Waals surface area contributed by atoms with Crippen molar-refractivity contribution in [2.24, 2.45) is 0 Å². The molecule has 0 aliphatic carbocycles. The maximum Gasteiger partial charge on any atom is 0.339 e. The topological polar surface area (TPSA) is 67.5 Å². The van der Waals surface area contributed by atoms with E-state index in [1.54, 1.807) is 19.1 Å². The van der Waals surface area contributed by atoms with Crippen molar-refractivity contribution in [3.05, 3.63) is 57.1 Å². The molecule has 0 saturated carbocycles. The molecule has 20 heavy (non-hydrogen) atoms. The lowest BCUT2D eigenvalue weighted by Gasteiger charge is -2.07. The van der Waals surface area contributed by atoms with Gasteiger partial charge in [0.05, 0.1) is 10.3 Å². The van der Waals surface area contributed by atoms with E-state index in [-0.39, 0.29) is 16.6 Å². The van der Waals surface area contributed by atoms with Crippen molar-refractivity contribution in [1.82, 2.24) is 0 Å². The minimum Gasteiger partial charge on any atom is -0.478 e. The molecule has 0 bridgehead atoms. The number of rotatable bonds is 2. The number of hydrogen-bond donors (Lipinski definition) is 1. The summed E-state index contributed by atoms with van der Waals surface area (Å²) in [6, 6.07) is 8.25. The number of para-hydroxylation sites is 1. The Balaban J connectivity index is 2.46. The minimum absolute atomic E-state index is 0.00240. The summed E-state index contributed by atoms with van der Waals surface area (Å²) in [5, 5.41) is 11.4. The van der Waals surface area contributed by atoms with Gasteiger partial charge in [-0.2, -0.15) is 0 Å². The molecule has 0 unspecified atom stereocenters. The Bertz CT molecular complexity index is 859. The first-order chi connectivity index (χ1) is 9.59. The van der Waals surface area contributed by atoms with E-state index in [2.05, 4.69) is 0 Å². The van der Waals surface area contributed by atoms with Crippen LogP contribution < -0.4 is 5.43 Å². The number of carboxylic acids is 1. The molecular formula is C15H10O4S. The molecule has 0 radical (unpaired) electrons. The van der Waals surface area contributed by atoms with Crippen LogP contribution in [0.25, 0.3) is 21.6 Å². The van der Waals surface area contributed by atoms with Crippen LogP contribution in [0.5, 0.6) is 0 Å². The summed E-state index contributed by atoms with van der Waals surface area (Å²) in [7, 11) is 0. The highest BCUT2D eigenvalue weighted by Crippen LogP contribution is 2.30. The predicted molar refractivity (Wildman–Crippen MR) is 77.5 cm³/mol. The van der Waals surface area contributed by atoms with Crippen LogP contribution >= 0.6 is 11.3 Å². The smallest absolute Gasteiger partial charge is 0.339 e. The summed E-state index contributed by atoms with van der Waals surface area (Å²) in [4.78, 5) is 24.4. The molecule has 3 rings (SSSR count). The Morgan fingerprint density at radius 3 is 2.70 bits per heavy atom. The minimum atomic E-state index is -1.11. The van der Waals surface area contributed by atoms with Crippen LogP contribution in [-0.2, 0) is 0 Å². The summed E-state index contributed by atoms with van der Waals surface area (Å²) in [5.74, 6) is -0.675. The summed E-state index contributed by atoms with van der Waals surface area (Å²) < 4.78 is 5.74. The normalized spacial score (nSPS) is 10.8. The highest BCUT2D eigenvalue weighted by molar-refractivity contribution is 7.13. The van der Waals surface area contributed by atoms with Crippen molar-refractivity contribution in [3.63, 3.8) is 0 Å². The first-order valence-corrected chi connectivity index (χ1v) is 6.81. The summed E-state index contributed by atoms with van der Waals surface area (Å²) in [6.45, 7) is 1.69. The quantitative estimate of drug-likeness (QED) is 0.782. The monoisotopic (exact) mass is 286 g/mol. The van der Waals surface area contributed by atoms with Crippen molar-refractivity contribution < 1.29 is 14.3 Å². The lowest BCUT2D eigenvalue weighted by atomic mass is 10.1. The summed E-state index contributed by atoms with van der Waals surface area (Å²) in [6.07, 6.45) is 0. The van der Waals surface area contributed by atoms with Crippen molar-refractivity contribution in [2.45, 2.75) is 6.92 Å². The van der Waals surface area contributed by atoms with E-state index in [4.69, 9.17) is 4.42 Å². The molecule has 0 aliphatic heterocycles. The lowest BCUT2D eigenvalue weighted by Crippen LogP contribution is -2.09. The number of carbonyl (C=O) groups is 1. The van der Waals surface area contributed by atoms with Gasteiger partial charge in [-0.1, -0.05) is 12.1 Å². The van der Waals surface area contributed by atoms with Gasteiger partial charge in [-0.3, -0.25) is 4.79 Å². The molecule has 2 heterocycles. The fourth-order valence-corrected chi connectivity index (χ4v) is 2.88. The van der Waals surface area contributed by atoms with Gasteiger partial charge in [0.1, 0.15) is 5.56 Å². The molecule has 0 fully saturated rings. The van der Waals surface area contributed by atoms with Gasteiger partial charge in [-0.15, -0.1) is 11.3 Å². The Hall–Kier alpha value is -2.40. The van der Waals surface area contributed by atoms with E-state index in [0.29, 0.717) is 16.7 Å². The second-order valence-electron chi connectivity index (χ2n) is 4.35. The molecule has 1 aromatic carbocycles. The van der Waals surface area contributed by atoms with E-state index in [1.165, 1.54) is 17.4 Å². The summed E-state index contributed by atoms with van der Waals surface area (Å²) >= 11 is 1.44. The zero-order valence-electron chi connectivity index (χ0n) is 10.5. The van der Waals surface area contributed by atoms with Crippen LogP contribution in [0.1, 0.15) is 15.9 Å². The molecule has 0 saturated heterocycles. The average molecular weight is 286 g/mol. The molecule has 0 spiro atoms. The third-order valence-corrected chi connectivity index (χ3v) is 3.99. The van der Waals surface area contributed by atoms with Crippen LogP contribution in [0.2, 0.25) is 0 Å². The van der Waals surface area contributed by atoms with E-state index < -0.39 is 5.97 Å². The Morgan fingerprint density at radius 1 is 1.25 bits per heavy atom. The Morgan fingerprint density at radius 2 is 2.05 bits per heavy atom. The SMILES string of the molecule is Cc1c(-c2cccs2)oc2c(C(=O)O)cccc2c1=O. The highest BCUT2D eigenvalue weighted by atomic mass is 32.1. The third-order valence-electron chi connectivity index (χ3n) is 3.12. The molecule has 2 aromatic heterocycles. The highest BCUT2D eigenvalue weighted by Gasteiger charge is 2.17. The zero-order valence-corrected chi connectivity index (χ0v) is 11.4. The molecule has 3 aromatic rings. The number of thiophene rings is 1. The predicted octanol–water partition coefficient (Wildman–Crippen LogP) is 3.53. The van der Waals surface area contributed by atoms with Crippen molar-refractivity contribution in [1.29, 1.82) is 0 Å². The molecule has 100 valence electrons. The van der Waals surface area contributed by atoms with Crippen molar-refractivity contribution in [2.75, 3.05) is 0 Å². The first-order valence-electron chi connectivity index (χ1n) is 5.93. The molecule has 1 N–H and O–H groups in total. The number of fused-ring (bicyclic) bond motifs is 1. The van der Waals surface area contributed by atoms with Gasteiger partial charge in [-0.25, -0.2) is 4.79 Å². The van der Waals surface area contributed by atoms with Gasteiger partial charge in [0, 0.05) is 5.56 Å². The first kappa shape index (κ1) is 12.6. The average Bonchev–Trinajstić information content (AvgIpc) is 2.96. The van der Waals surface area contributed by atoms with Crippen molar-refractivity contribution >= 4 is 28.3 Å². The van der Waals surface area contributed by atoms with Gasteiger partial charge < -0.3 is 9.52 Å². The number of aromatic carboxylic acids is 1. The van der Waals surface area contributed by atoms with Gasteiger partial charge in [0.2, 0.25) is 0 Å². The zero-order chi connectivity index (χ0) is 14.3. The Labute approximate surface area is 117 Å². The van der Waals surface area contributed by atoms with Gasteiger partial charge in [-0.05, 0) is 30.5 Å². The van der Waals surface area contributed by atoms with Crippen LogP contribution in [0, 0.1) is 6.92 Å². The maximum atomic E-state index is 12.4. The van der Waals surface area contributed by atoms with Crippen molar-refractivity contribution in [3.8, 4) is 10.6 Å². The fraction of sp³-hybridized carbons (Fsp3) is 0.0667. The number of carboxylic acid groups (broad SMARTS) is 1. The van der Waals surface area contributed by atoms with Crippen LogP contribution in [0.3, 0.4) is 0 Å². The van der Waals surface area contributed by atoms with Gasteiger partial charge >= 0.3 is 5.97 Å². The van der Waals surface area contributed by atoms with Crippen LogP contribution in [0.4, 0.5) is 0 Å². The Kier molecular flexibility index (Phi) is 2.91. The summed E-state index contributed by atoms with van der Waals surface area (Å²) in [5.41, 5.74) is 0.414. The van der Waals surface area contributed by atoms with E-state index in [9.17, 15) is 14.7 Å². The molecule has 0 amide bonds. The molecular weight excluding hydrogens is 276 g/mol. The lowest BCUT2D eigenvalue weighted by molar-refractivity contribution is 0.0698. The van der Waals surface area contributed by atoms with Crippen LogP contribution in [0.15, 0.2) is 44.9 Å². The van der Waals surface area contributed by atoms with Crippen LogP contribution in [-0.4, -0.2) is 11.1 Å². The molecule has 0 atom stereocenters. The van der Waals surface area contributed by atoms with Gasteiger partial charge in [0.25, 0.3) is 0 Å². The maximum absolute atomic E-state index is 12.4. The fourth-order valence-electron chi connectivity index (χ4n) is 2.12. The second kappa shape index (κ2) is 4.61. The third kappa shape index (κ3) is 1.83. The standard InChI is InChI=1S/C15H10O4S/c1-8-12(16)9-4-2-5-10(15(17)18)14(9)19-13(8)11-6-3-7-20-11/h2-7H,1H3,(H,17,18).